The van der Waals surface area contributed by atoms with E-state index in [1.807, 2.05) is 11.8 Å². The third-order valence-electron chi connectivity index (χ3n) is 4.90. The molecule has 0 saturated carbocycles. The van der Waals surface area contributed by atoms with Crippen molar-refractivity contribution in [2.75, 3.05) is 26.2 Å². The first kappa shape index (κ1) is 19.7. The summed E-state index contributed by atoms with van der Waals surface area (Å²) in [5, 5.41) is 17.6. The second-order valence-electron chi connectivity index (χ2n) is 6.71. The second-order valence-corrected chi connectivity index (χ2v) is 7.12. The van der Waals surface area contributed by atoms with Gasteiger partial charge >= 0.3 is 5.97 Å². The van der Waals surface area contributed by atoms with Crippen molar-refractivity contribution >= 4 is 17.6 Å². The maximum Gasteiger partial charge on any atom is 0.317 e. The smallest absolute Gasteiger partial charge is 0.317 e. The van der Waals surface area contributed by atoms with Gasteiger partial charge in [-0.1, -0.05) is 23.7 Å². The van der Waals surface area contributed by atoms with Crippen molar-refractivity contribution in [3.8, 4) is 5.69 Å². The normalized spacial score (nSPS) is 16.1. The molecule has 1 aromatic heterocycles. The van der Waals surface area contributed by atoms with Gasteiger partial charge in [0.15, 0.2) is 0 Å². The number of carboxylic acids is 1. The number of benzene rings is 1. The molecule has 146 valence electrons. The highest BCUT2D eigenvalue weighted by molar-refractivity contribution is 6.32. The van der Waals surface area contributed by atoms with Gasteiger partial charge in [-0.05, 0) is 37.6 Å². The van der Waals surface area contributed by atoms with E-state index in [2.05, 4.69) is 15.2 Å². The molecule has 0 unspecified atom stereocenters. The molecule has 1 aliphatic heterocycles. The molecule has 0 atom stereocenters. The van der Waals surface area contributed by atoms with Gasteiger partial charge in [0.1, 0.15) is 5.82 Å². The second kappa shape index (κ2) is 8.77. The summed E-state index contributed by atoms with van der Waals surface area (Å²) in [5.74, 6) is -1.17. The SMILES string of the molecule is CCN(CC(=O)O)C1CCN(Cc2cn(-c3ccc(F)cc3Cl)nn2)CC1. The van der Waals surface area contributed by atoms with E-state index < -0.39 is 11.8 Å². The van der Waals surface area contributed by atoms with Gasteiger partial charge in [0.05, 0.1) is 29.1 Å². The van der Waals surface area contributed by atoms with E-state index in [-0.39, 0.29) is 11.6 Å². The van der Waals surface area contributed by atoms with Crippen molar-refractivity contribution in [1.82, 2.24) is 24.8 Å². The Morgan fingerprint density at radius 2 is 2.15 bits per heavy atom. The van der Waals surface area contributed by atoms with Gasteiger partial charge in [-0.3, -0.25) is 14.6 Å². The summed E-state index contributed by atoms with van der Waals surface area (Å²) in [4.78, 5) is 15.3. The zero-order valence-electron chi connectivity index (χ0n) is 15.2. The van der Waals surface area contributed by atoms with E-state index >= 15 is 0 Å². The summed E-state index contributed by atoms with van der Waals surface area (Å²) in [6, 6.07) is 4.46. The topological polar surface area (TPSA) is 74.5 Å². The maximum absolute atomic E-state index is 13.2. The summed E-state index contributed by atoms with van der Waals surface area (Å²) in [6.07, 6.45) is 3.66. The standard InChI is InChI=1S/C18H23ClFN5O2/c1-2-24(12-18(26)27)15-5-7-23(8-6-15)10-14-11-25(22-21-14)17-4-3-13(20)9-16(17)19/h3-4,9,11,15H,2,5-8,10,12H2,1H3,(H,26,27). The molecule has 9 heteroatoms. The van der Waals surface area contributed by atoms with Crippen LogP contribution in [0.1, 0.15) is 25.5 Å². The minimum absolute atomic E-state index is 0.0912. The van der Waals surface area contributed by atoms with E-state index in [0.29, 0.717) is 18.3 Å². The molecule has 27 heavy (non-hydrogen) atoms. The lowest BCUT2D eigenvalue weighted by Gasteiger charge is -2.37. The molecule has 1 fully saturated rings. The molecule has 2 aromatic rings. The lowest BCUT2D eigenvalue weighted by molar-refractivity contribution is -0.139. The summed E-state index contributed by atoms with van der Waals surface area (Å²) >= 11 is 6.08. The predicted octanol–water partition coefficient (Wildman–Crippen LogP) is 2.43. The summed E-state index contributed by atoms with van der Waals surface area (Å²) in [5.41, 5.74) is 1.40. The number of aliphatic carboxylic acids is 1. The zero-order valence-corrected chi connectivity index (χ0v) is 15.9. The van der Waals surface area contributed by atoms with Crippen molar-refractivity contribution < 1.29 is 14.3 Å². The van der Waals surface area contributed by atoms with Crippen LogP contribution in [0.25, 0.3) is 5.69 Å². The summed E-state index contributed by atoms with van der Waals surface area (Å²) in [6.45, 7) is 5.25. The zero-order chi connectivity index (χ0) is 19.4. The number of carbonyl (C=O) groups is 1. The van der Waals surface area contributed by atoms with Gasteiger partial charge in [-0.15, -0.1) is 5.10 Å². The van der Waals surface area contributed by atoms with Gasteiger partial charge in [0, 0.05) is 25.7 Å². The van der Waals surface area contributed by atoms with Gasteiger partial charge < -0.3 is 5.11 Å². The average molecular weight is 396 g/mol. The number of nitrogens with zero attached hydrogens (tertiary/aromatic N) is 5. The Hall–Kier alpha value is -2.03. The fraction of sp³-hybridized carbons (Fsp3) is 0.500. The minimum Gasteiger partial charge on any atom is -0.480 e. The summed E-state index contributed by atoms with van der Waals surface area (Å²) < 4.78 is 14.7. The van der Waals surface area contributed by atoms with Crippen LogP contribution in [0, 0.1) is 5.82 Å². The molecule has 1 aromatic carbocycles. The highest BCUT2D eigenvalue weighted by Crippen LogP contribution is 2.22. The minimum atomic E-state index is -0.782. The maximum atomic E-state index is 13.2. The van der Waals surface area contributed by atoms with E-state index in [9.17, 15) is 9.18 Å². The molecule has 1 N–H and O–H groups in total. The number of piperidine rings is 1. The van der Waals surface area contributed by atoms with Crippen LogP contribution in [-0.2, 0) is 11.3 Å². The van der Waals surface area contributed by atoms with Crippen molar-refractivity contribution in [3.05, 3.63) is 40.9 Å². The molecule has 0 aliphatic carbocycles. The number of hydrogen-bond acceptors (Lipinski definition) is 5. The number of likely N-dealkylation sites (tertiary alicyclic amines) is 1. The number of halogens is 2. The fourth-order valence-electron chi connectivity index (χ4n) is 3.50. The van der Waals surface area contributed by atoms with Crippen LogP contribution >= 0.6 is 11.6 Å². The number of rotatable bonds is 7. The van der Waals surface area contributed by atoms with E-state index in [4.69, 9.17) is 16.7 Å². The van der Waals surface area contributed by atoms with Gasteiger partial charge in [-0.25, -0.2) is 9.07 Å². The Morgan fingerprint density at radius 1 is 1.41 bits per heavy atom. The monoisotopic (exact) mass is 395 g/mol. The van der Waals surface area contributed by atoms with E-state index in [1.165, 1.54) is 12.1 Å². The van der Waals surface area contributed by atoms with Crippen LogP contribution in [0.15, 0.2) is 24.4 Å². The Labute approximate surface area is 162 Å². The van der Waals surface area contributed by atoms with Crippen molar-refractivity contribution in [2.45, 2.75) is 32.4 Å². The molecule has 2 heterocycles. The molecule has 0 bridgehead atoms. The van der Waals surface area contributed by atoms with Crippen LogP contribution in [0.4, 0.5) is 4.39 Å². The predicted molar refractivity (Wildman–Crippen MR) is 99.5 cm³/mol. The number of likely N-dealkylation sites (N-methyl/N-ethyl adjacent to an activating group) is 1. The molecule has 0 spiro atoms. The molecule has 0 amide bonds. The first-order valence-corrected chi connectivity index (χ1v) is 9.39. The Morgan fingerprint density at radius 3 is 2.78 bits per heavy atom. The average Bonchev–Trinajstić information content (AvgIpc) is 3.08. The first-order valence-electron chi connectivity index (χ1n) is 9.01. The Bertz CT molecular complexity index is 792. The molecule has 0 radical (unpaired) electrons. The van der Waals surface area contributed by atoms with Crippen LogP contribution in [0.5, 0.6) is 0 Å². The molecular weight excluding hydrogens is 373 g/mol. The largest absolute Gasteiger partial charge is 0.480 e. The molecule has 1 saturated heterocycles. The third kappa shape index (κ3) is 5.03. The highest BCUT2D eigenvalue weighted by Gasteiger charge is 2.25. The number of carboxylic acid groups (broad SMARTS) is 1. The number of hydrogen-bond donors (Lipinski definition) is 1. The summed E-state index contributed by atoms with van der Waals surface area (Å²) in [7, 11) is 0. The van der Waals surface area contributed by atoms with Crippen LogP contribution in [0.3, 0.4) is 0 Å². The van der Waals surface area contributed by atoms with Gasteiger partial charge in [0.25, 0.3) is 0 Å². The van der Waals surface area contributed by atoms with E-state index in [1.54, 1.807) is 16.9 Å². The van der Waals surface area contributed by atoms with Crippen LogP contribution < -0.4 is 0 Å². The van der Waals surface area contributed by atoms with E-state index in [0.717, 1.165) is 38.2 Å². The molecular formula is C18H23ClFN5O2. The fourth-order valence-corrected chi connectivity index (χ4v) is 3.75. The lowest BCUT2D eigenvalue weighted by Crippen LogP contribution is -2.46. The Balaban J connectivity index is 1.57. The van der Waals surface area contributed by atoms with Crippen molar-refractivity contribution in [2.24, 2.45) is 0 Å². The highest BCUT2D eigenvalue weighted by atomic mass is 35.5. The van der Waals surface area contributed by atoms with Crippen molar-refractivity contribution in [3.63, 3.8) is 0 Å². The third-order valence-corrected chi connectivity index (χ3v) is 5.20. The molecule has 7 nitrogen and oxygen atoms in total. The Kier molecular flexibility index (Phi) is 6.41. The quantitative estimate of drug-likeness (QED) is 0.776. The first-order chi connectivity index (χ1) is 13.0. The van der Waals surface area contributed by atoms with Crippen molar-refractivity contribution in [1.29, 1.82) is 0 Å². The molecule has 3 rings (SSSR count). The van der Waals surface area contributed by atoms with Gasteiger partial charge in [-0.2, -0.15) is 0 Å². The molecule has 1 aliphatic rings. The lowest BCUT2D eigenvalue weighted by atomic mass is 10.0. The number of aromatic nitrogens is 3. The van der Waals surface area contributed by atoms with Crippen LogP contribution in [-0.4, -0.2) is 68.1 Å². The van der Waals surface area contributed by atoms with Crippen LogP contribution in [0.2, 0.25) is 5.02 Å². The van der Waals surface area contributed by atoms with Gasteiger partial charge in [0.2, 0.25) is 0 Å².